The molecule has 1 aromatic heterocycles. The molecule has 23 heavy (non-hydrogen) atoms. The Bertz CT molecular complexity index is 442. The van der Waals surface area contributed by atoms with Crippen molar-refractivity contribution in [1.29, 1.82) is 0 Å². The van der Waals surface area contributed by atoms with Crippen LogP contribution in [0.5, 0.6) is 0 Å². The minimum Gasteiger partial charge on any atom is -0.379 e. The lowest BCUT2D eigenvalue weighted by atomic mass is 10.1. The summed E-state index contributed by atoms with van der Waals surface area (Å²) >= 11 is 1.74. The molecule has 0 aromatic carbocycles. The van der Waals surface area contributed by atoms with Crippen molar-refractivity contribution in [2.75, 3.05) is 39.9 Å². The van der Waals surface area contributed by atoms with Gasteiger partial charge in [-0.1, -0.05) is 13.0 Å². The first kappa shape index (κ1) is 22.6. The normalized spacial score (nSPS) is 17.5. The number of nitrogens with zero attached hydrogens (tertiary/aromatic N) is 2. The van der Waals surface area contributed by atoms with E-state index in [1.165, 1.54) is 4.88 Å². The van der Waals surface area contributed by atoms with Crippen molar-refractivity contribution in [3.05, 3.63) is 22.4 Å². The van der Waals surface area contributed by atoms with Gasteiger partial charge in [0.05, 0.1) is 25.3 Å². The van der Waals surface area contributed by atoms with Gasteiger partial charge in [0, 0.05) is 31.6 Å². The van der Waals surface area contributed by atoms with Crippen LogP contribution in [0.4, 0.5) is 0 Å². The van der Waals surface area contributed by atoms with Crippen molar-refractivity contribution in [2.45, 2.75) is 25.4 Å². The summed E-state index contributed by atoms with van der Waals surface area (Å²) < 4.78 is 5.44. The lowest BCUT2D eigenvalue weighted by Crippen LogP contribution is -2.47. The van der Waals surface area contributed by atoms with Crippen LogP contribution >= 0.6 is 36.2 Å². The summed E-state index contributed by atoms with van der Waals surface area (Å²) in [4.78, 5) is 17.7. The van der Waals surface area contributed by atoms with E-state index in [4.69, 9.17) is 10.5 Å². The van der Waals surface area contributed by atoms with E-state index in [2.05, 4.69) is 22.4 Å². The Morgan fingerprint density at radius 1 is 1.43 bits per heavy atom. The van der Waals surface area contributed by atoms with Gasteiger partial charge in [-0.3, -0.25) is 9.69 Å². The first-order valence-electron chi connectivity index (χ1n) is 7.49. The lowest BCUT2D eigenvalue weighted by molar-refractivity contribution is -0.132. The Morgan fingerprint density at radius 2 is 2.09 bits per heavy atom. The first-order chi connectivity index (χ1) is 10.1. The smallest absolute Gasteiger partial charge is 0.239 e. The molecular weight excluding hydrogens is 357 g/mol. The van der Waals surface area contributed by atoms with Crippen LogP contribution in [-0.4, -0.2) is 61.6 Å². The summed E-state index contributed by atoms with van der Waals surface area (Å²) in [7, 11) is 1.85. The third-order valence-electron chi connectivity index (χ3n) is 3.94. The minimum atomic E-state index is -0.399. The van der Waals surface area contributed by atoms with Crippen molar-refractivity contribution < 1.29 is 9.53 Å². The number of likely N-dealkylation sites (N-methyl/N-ethyl adjacent to an activating group) is 1. The monoisotopic (exact) mass is 383 g/mol. The summed E-state index contributed by atoms with van der Waals surface area (Å²) in [5.74, 6) is 0.0207. The van der Waals surface area contributed by atoms with E-state index in [0.717, 1.165) is 26.3 Å². The van der Waals surface area contributed by atoms with E-state index >= 15 is 0 Å². The van der Waals surface area contributed by atoms with Gasteiger partial charge in [0.15, 0.2) is 0 Å². The molecule has 0 aliphatic carbocycles. The van der Waals surface area contributed by atoms with Gasteiger partial charge < -0.3 is 15.4 Å². The fraction of sp³-hybridized carbons (Fsp3) is 0.667. The van der Waals surface area contributed by atoms with E-state index in [-0.39, 0.29) is 36.8 Å². The van der Waals surface area contributed by atoms with E-state index in [9.17, 15) is 4.79 Å². The number of halogens is 2. The molecule has 1 aromatic rings. The van der Waals surface area contributed by atoms with Gasteiger partial charge in [-0.05, 0) is 17.9 Å². The van der Waals surface area contributed by atoms with Crippen molar-refractivity contribution in [1.82, 2.24) is 9.80 Å². The number of rotatable bonds is 6. The molecule has 5 nitrogen and oxygen atoms in total. The number of thiophene rings is 1. The van der Waals surface area contributed by atoms with E-state index in [0.29, 0.717) is 13.0 Å². The Morgan fingerprint density at radius 3 is 2.61 bits per heavy atom. The van der Waals surface area contributed by atoms with Gasteiger partial charge in [0.1, 0.15) is 0 Å². The van der Waals surface area contributed by atoms with Crippen molar-refractivity contribution in [3.63, 3.8) is 0 Å². The maximum atomic E-state index is 12.2. The zero-order chi connectivity index (χ0) is 15.2. The van der Waals surface area contributed by atoms with Crippen LogP contribution in [-0.2, 0) is 9.53 Å². The minimum absolute atomic E-state index is 0. The zero-order valence-electron chi connectivity index (χ0n) is 13.6. The Hall–Kier alpha value is -0.370. The van der Waals surface area contributed by atoms with Crippen LogP contribution in [0.3, 0.4) is 0 Å². The van der Waals surface area contributed by atoms with Crippen molar-refractivity contribution in [2.24, 2.45) is 5.73 Å². The highest BCUT2D eigenvalue weighted by Crippen LogP contribution is 2.26. The van der Waals surface area contributed by atoms with Crippen LogP contribution in [0.25, 0.3) is 0 Å². The van der Waals surface area contributed by atoms with Crippen molar-refractivity contribution in [3.8, 4) is 0 Å². The van der Waals surface area contributed by atoms with E-state index < -0.39 is 6.04 Å². The Kier molecular flexibility index (Phi) is 11.1. The number of ether oxygens (including phenoxy) is 1. The molecule has 1 aliphatic rings. The standard InChI is InChI=1S/C15H25N3O2S.2ClH/c1-3-12(16)15(19)17(2)11-13(14-5-4-10-21-14)18-6-8-20-9-7-18;;/h4-5,10,12-13H,3,6-9,11,16H2,1-2H3;2*1H/t12-,13?;;/m0../s1. The van der Waals surface area contributed by atoms with Gasteiger partial charge >= 0.3 is 0 Å². The fourth-order valence-electron chi connectivity index (χ4n) is 2.56. The van der Waals surface area contributed by atoms with E-state index in [1.807, 2.05) is 14.0 Å². The molecule has 2 heterocycles. The molecular formula is C15H27Cl2N3O2S. The molecule has 2 N–H and O–H groups in total. The highest BCUT2D eigenvalue weighted by molar-refractivity contribution is 7.10. The average Bonchev–Trinajstić information content (AvgIpc) is 3.05. The second-order valence-electron chi connectivity index (χ2n) is 5.41. The van der Waals surface area contributed by atoms with Crippen LogP contribution in [0, 0.1) is 0 Å². The molecule has 1 fully saturated rings. The number of nitrogens with two attached hydrogens (primary N) is 1. The number of carbonyl (C=O) groups is 1. The van der Waals surface area contributed by atoms with E-state index in [1.54, 1.807) is 16.2 Å². The van der Waals surface area contributed by atoms with Gasteiger partial charge in [0.2, 0.25) is 5.91 Å². The molecule has 1 aliphatic heterocycles. The molecule has 2 rings (SSSR count). The molecule has 1 amide bonds. The third kappa shape index (κ3) is 6.21. The third-order valence-corrected chi connectivity index (χ3v) is 4.91. The van der Waals surface area contributed by atoms with Crippen LogP contribution in [0.15, 0.2) is 17.5 Å². The molecule has 0 saturated carbocycles. The quantitative estimate of drug-likeness (QED) is 0.817. The second-order valence-corrected chi connectivity index (χ2v) is 6.39. The SMILES string of the molecule is CC[C@H](N)C(=O)N(C)CC(c1cccs1)N1CCOCC1.Cl.Cl. The molecule has 2 atom stereocenters. The maximum absolute atomic E-state index is 12.2. The molecule has 134 valence electrons. The summed E-state index contributed by atoms with van der Waals surface area (Å²) in [5, 5.41) is 2.09. The van der Waals surface area contributed by atoms with Gasteiger partial charge in [-0.15, -0.1) is 36.2 Å². The molecule has 0 radical (unpaired) electrons. The largest absolute Gasteiger partial charge is 0.379 e. The Labute approximate surface area is 155 Å². The van der Waals surface area contributed by atoms with Crippen molar-refractivity contribution >= 4 is 42.1 Å². The number of amides is 1. The van der Waals surface area contributed by atoms with Crippen LogP contribution in [0.2, 0.25) is 0 Å². The molecule has 8 heteroatoms. The summed E-state index contributed by atoms with van der Waals surface area (Å²) in [6.07, 6.45) is 0.671. The zero-order valence-corrected chi connectivity index (χ0v) is 16.1. The molecule has 0 spiro atoms. The highest BCUT2D eigenvalue weighted by atomic mass is 35.5. The second kappa shape index (κ2) is 11.2. The summed E-state index contributed by atoms with van der Waals surface area (Å²) in [6.45, 7) is 5.94. The number of hydrogen-bond acceptors (Lipinski definition) is 5. The number of hydrogen-bond donors (Lipinski definition) is 1. The fourth-order valence-corrected chi connectivity index (χ4v) is 3.41. The molecule has 1 saturated heterocycles. The molecule has 1 unspecified atom stereocenters. The van der Waals surface area contributed by atoms with Crippen LogP contribution < -0.4 is 5.73 Å². The summed E-state index contributed by atoms with van der Waals surface area (Å²) in [6, 6.07) is 4.03. The van der Waals surface area contributed by atoms with Gasteiger partial charge in [0.25, 0.3) is 0 Å². The molecule has 0 bridgehead atoms. The maximum Gasteiger partial charge on any atom is 0.239 e. The van der Waals surface area contributed by atoms with Gasteiger partial charge in [-0.25, -0.2) is 0 Å². The summed E-state index contributed by atoms with van der Waals surface area (Å²) in [5.41, 5.74) is 5.87. The predicted molar refractivity (Wildman–Crippen MR) is 99.9 cm³/mol. The first-order valence-corrected chi connectivity index (χ1v) is 8.37. The number of morpholine rings is 1. The Balaban J connectivity index is 0.00000242. The number of carbonyl (C=O) groups excluding carboxylic acids is 1. The van der Waals surface area contributed by atoms with Crippen LogP contribution in [0.1, 0.15) is 24.3 Å². The predicted octanol–water partition coefficient (Wildman–Crippen LogP) is 2.16. The highest BCUT2D eigenvalue weighted by Gasteiger charge is 2.27. The average molecular weight is 384 g/mol. The van der Waals surface area contributed by atoms with Gasteiger partial charge in [-0.2, -0.15) is 0 Å². The lowest BCUT2D eigenvalue weighted by Gasteiger charge is -2.36. The topological polar surface area (TPSA) is 58.8 Å².